The van der Waals surface area contributed by atoms with Crippen LogP contribution in [0.2, 0.25) is 0 Å². The van der Waals surface area contributed by atoms with E-state index in [0.29, 0.717) is 6.42 Å². The summed E-state index contributed by atoms with van der Waals surface area (Å²) in [4.78, 5) is 9.98. The number of benzene rings is 3. The molecule has 0 amide bonds. The van der Waals surface area contributed by atoms with Crippen molar-refractivity contribution < 1.29 is 4.79 Å². The van der Waals surface area contributed by atoms with Gasteiger partial charge in [-0.15, -0.1) is 0 Å². The normalized spacial score (nSPS) is 8.22. The zero-order chi connectivity index (χ0) is 20.8. The molecule has 0 fully saturated rings. The first kappa shape index (κ1) is 26.7. The highest BCUT2D eigenvalue weighted by Crippen LogP contribution is 2.11. The van der Waals surface area contributed by atoms with E-state index in [9.17, 15) is 4.79 Å². The molecule has 0 spiro atoms. The Balaban J connectivity index is 0. The summed E-state index contributed by atoms with van der Waals surface area (Å²) < 4.78 is 0. The van der Waals surface area contributed by atoms with Gasteiger partial charge in [-0.3, -0.25) is 0 Å². The van der Waals surface area contributed by atoms with E-state index in [4.69, 9.17) is 0 Å². The molecule has 0 aliphatic rings. The lowest BCUT2D eigenvalue weighted by Gasteiger charge is -1.93. The summed E-state index contributed by atoms with van der Waals surface area (Å²) in [7, 11) is 3.00. The van der Waals surface area contributed by atoms with Crippen molar-refractivity contribution in [2.75, 3.05) is 14.1 Å². The van der Waals surface area contributed by atoms with E-state index in [2.05, 4.69) is 73.8 Å². The number of aryl methyl sites for hydroxylation is 1. The molecule has 0 bridgehead atoms. The highest BCUT2D eigenvalue weighted by molar-refractivity contribution is 5.81. The second kappa shape index (κ2) is 21.6. The van der Waals surface area contributed by atoms with E-state index >= 15 is 0 Å². The Morgan fingerprint density at radius 1 is 0.667 bits per heavy atom. The van der Waals surface area contributed by atoms with Gasteiger partial charge in [0, 0.05) is 6.42 Å². The van der Waals surface area contributed by atoms with Crippen molar-refractivity contribution in [2.24, 2.45) is 11.5 Å². The first-order valence-electron chi connectivity index (χ1n) is 9.38. The summed E-state index contributed by atoms with van der Waals surface area (Å²) in [5, 5.41) is 2.62. The Morgan fingerprint density at radius 2 is 1.00 bits per heavy atom. The van der Waals surface area contributed by atoms with Crippen molar-refractivity contribution in [3.8, 4) is 0 Å². The van der Waals surface area contributed by atoms with Crippen LogP contribution >= 0.6 is 0 Å². The Kier molecular flexibility index (Phi) is 21.3. The van der Waals surface area contributed by atoms with Crippen LogP contribution in [0, 0.1) is 0 Å². The van der Waals surface area contributed by atoms with Crippen LogP contribution in [0.1, 0.15) is 32.3 Å². The topological polar surface area (TPSA) is 69.1 Å². The smallest absolute Gasteiger partial charge is 0.120 e. The second-order valence-electron chi connectivity index (χ2n) is 5.25. The fraction of sp³-hybridized carbons (Fsp3) is 0.292. The van der Waals surface area contributed by atoms with Gasteiger partial charge in [0.2, 0.25) is 0 Å². The highest BCUT2D eigenvalue weighted by atomic mass is 16.1. The van der Waals surface area contributed by atoms with Crippen molar-refractivity contribution >= 4 is 17.1 Å². The zero-order valence-corrected chi connectivity index (χ0v) is 17.3. The average molecular weight is 369 g/mol. The maximum Gasteiger partial charge on any atom is 0.120 e. The van der Waals surface area contributed by atoms with Crippen LogP contribution in [-0.2, 0) is 11.2 Å². The van der Waals surface area contributed by atoms with Gasteiger partial charge in [0.25, 0.3) is 0 Å². The lowest BCUT2D eigenvalue weighted by molar-refractivity contribution is -0.107. The van der Waals surface area contributed by atoms with E-state index in [1.807, 2.05) is 30.3 Å². The molecule has 0 saturated carbocycles. The molecular weight excluding hydrogens is 332 g/mol. The molecule has 3 aromatic carbocycles. The predicted octanol–water partition coefficient (Wildman–Crippen LogP) is 5.22. The molecule has 3 heteroatoms. The lowest BCUT2D eigenvalue weighted by atomic mass is 10.1. The Hall–Kier alpha value is -2.49. The molecule has 0 saturated heterocycles. The first-order valence-corrected chi connectivity index (χ1v) is 9.38. The van der Waals surface area contributed by atoms with Crippen molar-refractivity contribution in [1.82, 2.24) is 0 Å². The van der Waals surface area contributed by atoms with Gasteiger partial charge in [0.1, 0.15) is 6.29 Å². The molecule has 0 radical (unpaired) electrons. The van der Waals surface area contributed by atoms with Gasteiger partial charge in [-0.25, -0.2) is 0 Å². The summed E-state index contributed by atoms with van der Waals surface area (Å²) in [5.41, 5.74) is 10.2. The number of rotatable bonds is 3. The molecule has 3 aromatic rings. The van der Waals surface area contributed by atoms with E-state index in [-0.39, 0.29) is 0 Å². The molecule has 3 nitrogen and oxygen atoms in total. The summed E-state index contributed by atoms with van der Waals surface area (Å²) in [6.45, 7) is 4.25. The molecule has 0 atom stereocenters. The predicted molar refractivity (Wildman–Crippen MR) is 121 cm³/mol. The first-order chi connectivity index (χ1) is 13.3. The fourth-order valence-electron chi connectivity index (χ4n) is 2.00. The van der Waals surface area contributed by atoms with E-state index in [1.54, 1.807) is 0 Å². The minimum atomic E-state index is 0.629. The van der Waals surface area contributed by atoms with Gasteiger partial charge < -0.3 is 16.3 Å². The van der Waals surface area contributed by atoms with Crippen molar-refractivity contribution in [2.45, 2.75) is 33.1 Å². The summed E-state index contributed by atoms with van der Waals surface area (Å²) in [6, 6.07) is 26.7. The van der Waals surface area contributed by atoms with Gasteiger partial charge in [-0.2, -0.15) is 0 Å². The quantitative estimate of drug-likeness (QED) is 0.622. The van der Waals surface area contributed by atoms with Crippen LogP contribution in [0.25, 0.3) is 10.8 Å². The number of hydrogen-bond donors (Lipinski definition) is 2. The highest BCUT2D eigenvalue weighted by Gasteiger charge is 1.87. The molecule has 4 N–H and O–H groups in total. The minimum absolute atomic E-state index is 0.629. The number of hydrogen-bond acceptors (Lipinski definition) is 3. The molecule has 0 aliphatic heterocycles. The molecule has 3 rings (SSSR count). The monoisotopic (exact) mass is 368 g/mol. The molecular formula is C24H36N2O. The largest absolute Gasteiger partial charge is 0.333 e. The maximum atomic E-state index is 9.98. The summed E-state index contributed by atoms with van der Waals surface area (Å²) in [6.07, 6.45) is 3.70. The van der Waals surface area contributed by atoms with Crippen LogP contribution in [0.4, 0.5) is 0 Å². The van der Waals surface area contributed by atoms with Gasteiger partial charge in [0.15, 0.2) is 0 Å². The van der Waals surface area contributed by atoms with Gasteiger partial charge in [0.05, 0.1) is 0 Å². The summed E-state index contributed by atoms with van der Waals surface area (Å²) >= 11 is 0. The Morgan fingerprint density at radius 3 is 1.33 bits per heavy atom. The average Bonchev–Trinajstić information content (AvgIpc) is 2.77. The second-order valence-corrected chi connectivity index (χ2v) is 5.25. The van der Waals surface area contributed by atoms with Crippen molar-refractivity contribution in [1.29, 1.82) is 0 Å². The number of carbonyl (C=O) groups is 1. The van der Waals surface area contributed by atoms with Crippen molar-refractivity contribution in [3.63, 3.8) is 0 Å². The maximum absolute atomic E-state index is 9.98. The Labute approximate surface area is 165 Å². The number of nitrogens with two attached hydrogens (primary N) is 2. The SMILES string of the molecule is CCC.CN.CN.O=CCCc1ccccc1.c1ccc2ccccc2c1. The van der Waals surface area contributed by atoms with Crippen molar-refractivity contribution in [3.05, 3.63) is 84.4 Å². The van der Waals surface area contributed by atoms with Crippen LogP contribution in [0.15, 0.2) is 78.9 Å². The standard InChI is InChI=1S/C10H8.C9H10O.C3H8.2CH5N/c1-2-6-10-8-4-3-7-9(10)5-1;10-8-4-7-9-5-2-1-3-6-9;1-3-2;2*1-2/h1-8H;1-3,5-6,8H,4,7H2;3H2,1-2H3;2*2H2,1H3. The number of fused-ring (bicyclic) bond motifs is 1. The van der Waals surface area contributed by atoms with Gasteiger partial charge in [-0.05, 0) is 36.9 Å². The van der Waals surface area contributed by atoms with E-state index < -0.39 is 0 Å². The van der Waals surface area contributed by atoms with Gasteiger partial charge in [-0.1, -0.05) is 99.1 Å². The number of carbonyl (C=O) groups excluding carboxylic acids is 1. The van der Waals surface area contributed by atoms with Crippen LogP contribution in [-0.4, -0.2) is 20.4 Å². The van der Waals surface area contributed by atoms with Crippen LogP contribution < -0.4 is 11.5 Å². The fourth-order valence-corrected chi connectivity index (χ4v) is 2.00. The number of aldehydes is 1. The third-order valence-corrected chi connectivity index (χ3v) is 3.05. The van der Waals surface area contributed by atoms with Crippen LogP contribution in [0.5, 0.6) is 0 Å². The summed E-state index contributed by atoms with van der Waals surface area (Å²) in [5.74, 6) is 0. The minimum Gasteiger partial charge on any atom is -0.333 e. The third-order valence-electron chi connectivity index (χ3n) is 3.05. The molecule has 0 heterocycles. The molecule has 0 aromatic heterocycles. The van der Waals surface area contributed by atoms with E-state index in [0.717, 1.165) is 12.7 Å². The zero-order valence-electron chi connectivity index (χ0n) is 17.3. The molecule has 27 heavy (non-hydrogen) atoms. The lowest BCUT2D eigenvalue weighted by Crippen LogP contribution is -1.83. The Bertz CT molecular complexity index is 604. The molecule has 0 unspecified atom stereocenters. The van der Waals surface area contributed by atoms with Gasteiger partial charge >= 0.3 is 0 Å². The van der Waals surface area contributed by atoms with Crippen LogP contribution in [0.3, 0.4) is 0 Å². The third kappa shape index (κ3) is 14.4. The van der Waals surface area contributed by atoms with E-state index in [1.165, 1.54) is 36.9 Å². The molecule has 0 aliphatic carbocycles. The molecule has 148 valence electrons.